The molecular weight excluding hydrogens is 442 g/mol. The number of nitrogens with one attached hydrogen (secondary N) is 2. The fourth-order valence-corrected chi connectivity index (χ4v) is 3.29. The standard InChI is InChI=1S/C23H18ClN7O2/c1-13-4-3-5-18(14(13)2)26-20-21(28-23-22(27-20)30-33-31-23)29-25-12-17-10-11-19(32-17)15-6-8-16(24)9-7-15/h3-12H,1-2H3,(H,26,27,30)(H,28,29,31)/b25-12-. The van der Waals surface area contributed by atoms with Crippen LogP contribution in [-0.4, -0.2) is 26.5 Å². The lowest BCUT2D eigenvalue weighted by Gasteiger charge is -2.12. The largest absolute Gasteiger partial charge is 0.455 e. The van der Waals surface area contributed by atoms with Crippen LogP contribution in [0.5, 0.6) is 0 Å². The molecule has 5 aromatic rings. The van der Waals surface area contributed by atoms with Gasteiger partial charge < -0.3 is 9.73 Å². The van der Waals surface area contributed by atoms with Crippen LogP contribution in [-0.2, 0) is 0 Å². The lowest BCUT2D eigenvalue weighted by Crippen LogP contribution is -2.04. The number of nitrogens with zero attached hydrogens (tertiary/aromatic N) is 5. The Bertz CT molecular complexity index is 1460. The van der Waals surface area contributed by atoms with E-state index in [9.17, 15) is 0 Å². The van der Waals surface area contributed by atoms with Crippen molar-refractivity contribution in [1.82, 2.24) is 20.3 Å². The number of benzene rings is 2. The molecule has 2 aromatic carbocycles. The second-order valence-corrected chi connectivity index (χ2v) is 7.72. The Morgan fingerprint density at radius 3 is 2.45 bits per heavy atom. The molecule has 164 valence electrons. The Labute approximate surface area is 193 Å². The average molecular weight is 460 g/mol. The molecule has 0 fully saturated rings. The molecule has 0 saturated carbocycles. The van der Waals surface area contributed by atoms with E-state index >= 15 is 0 Å². The molecule has 10 heteroatoms. The number of fused-ring (bicyclic) bond motifs is 1. The molecule has 3 heterocycles. The summed E-state index contributed by atoms with van der Waals surface area (Å²) in [4.78, 5) is 8.88. The van der Waals surface area contributed by atoms with E-state index in [-0.39, 0.29) is 11.3 Å². The van der Waals surface area contributed by atoms with E-state index in [1.54, 1.807) is 6.21 Å². The average Bonchev–Trinajstić information content (AvgIpc) is 3.47. The molecule has 5 rings (SSSR count). The Morgan fingerprint density at radius 2 is 1.67 bits per heavy atom. The topological polar surface area (TPSA) is 114 Å². The molecule has 0 radical (unpaired) electrons. The zero-order valence-corrected chi connectivity index (χ0v) is 18.5. The van der Waals surface area contributed by atoms with E-state index in [1.807, 2.05) is 68.4 Å². The highest BCUT2D eigenvalue weighted by atomic mass is 35.5. The Kier molecular flexibility index (Phi) is 5.45. The second-order valence-electron chi connectivity index (χ2n) is 7.28. The number of aromatic nitrogens is 4. The normalized spacial score (nSPS) is 11.4. The summed E-state index contributed by atoms with van der Waals surface area (Å²) < 4.78 is 10.6. The summed E-state index contributed by atoms with van der Waals surface area (Å²) in [6.07, 6.45) is 1.55. The van der Waals surface area contributed by atoms with Gasteiger partial charge in [-0.2, -0.15) is 10.1 Å². The minimum atomic E-state index is 0.266. The molecule has 0 spiro atoms. The molecule has 0 atom stereocenters. The van der Waals surface area contributed by atoms with E-state index < -0.39 is 0 Å². The summed E-state index contributed by atoms with van der Waals surface area (Å²) in [5.74, 6) is 2.07. The SMILES string of the molecule is Cc1cccc(Nc2nc3nonc3nc2N/N=C\c2ccc(-c3ccc(Cl)cc3)o2)c1C. The van der Waals surface area contributed by atoms with Crippen LogP contribution >= 0.6 is 11.6 Å². The first kappa shape index (κ1) is 20.7. The summed E-state index contributed by atoms with van der Waals surface area (Å²) in [6.45, 7) is 4.07. The molecule has 0 aliphatic carbocycles. The van der Waals surface area contributed by atoms with Crippen molar-refractivity contribution in [2.75, 3.05) is 10.7 Å². The van der Waals surface area contributed by atoms with Crippen LogP contribution in [0.3, 0.4) is 0 Å². The maximum atomic E-state index is 5.95. The van der Waals surface area contributed by atoms with Gasteiger partial charge in [-0.3, -0.25) is 5.43 Å². The third kappa shape index (κ3) is 4.39. The fraction of sp³-hybridized carbons (Fsp3) is 0.0870. The first-order valence-corrected chi connectivity index (χ1v) is 10.4. The van der Waals surface area contributed by atoms with Gasteiger partial charge >= 0.3 is 0 Å². The molecule has 0 amide bonds. The van der Waals surface area contributed by atoms with Crippen molar-refractivity contribution in [2.24, 2.45) is 5.10 Å². The van der Waals surface area contributed by atoms with Crippen molar-refractivity contribution in [3.05, 3.63) is 76.5 Å². The first-order valence-electron chi connectivity index (χ1n) is 10.1. The van der Waals surface area contributed by atoms with Gasteiger partial charge in [0.25, 0.3) is 0 Å². The summed E-state index contributed by atoms with van der Waals surface area (Å²) in [5.41, 5.74) is 7.51. The van der Waals surface area contributed by atoms with E-state index in [0.717, 1.165) is 22.4 Å². The van der Waals surface area contributed by atoms with Gasteiger partial charge in [-0.1, -0.05) is 23.7 Å². The Balaban J connectivity index is 1.39. The number of furan rings is 1. The highest BCUT2D eigenvalue weighted by Gasteiger charge is 2.14. The van der Waals surface area contributed by atoms with Gasteiger partial charge in [0, 0.05) is 16.3 Å². The van der Waals surface area contributed by atoms with E-state index in [0.29, 0.717) is 28.2 Å². The zero-order valence-electron chi connectivity index (χ0n) is 17.7. The van der Waals surface area contributed by atoms with Crippen LogP contribution in [0.2, 0.25) is 5.02 Å². The van der Waals surface area contributed by atoms with Crippen molar-refractivity contribution < 1.29 is 9.05 Å². The van der Waals surface area contributed by atoms with Crippen LogP contribution in [0.15, 0.2) is 68.7 Å². The first-order chi connectivity index (χ1) is 16.1. The summed E-state index contributed by atoms with van der Waals surface area (Å²) in [6, 6.07) is 17.1. The van der Waals surface area contributed by atoms with E-state index in [2.05, 4.69) is 36.1 Å². The molecule has 9 nitrogen and oxygen atoms in total. The van der Waals surface area contributed by atoms with Crippen LogP contribution < -0.4 is 10.7 Å². The minimum absolute atomic E-state index is 0.266. The number of halogens is 1. The van der Waals surface area contributed by atoms with Gasteiger partial charge in [0.2, 0.25) is 11.3 Å². The quantitative estimate of drug-likeness (QED) is 0.244. The molecule has 0 aliphatic heterocycles. The minimum Gasteiger partial charge on any atom is -0.455 e. The van der Waals surface area contributed by atoms with Crippen LogP contribution in [0.1, 0.15) is 16.9 Å². The van der Waals surface area contributed by atoms with Gasteiger partial charge in [0.05, 0.1) is 6.21 Å². The number of hydrogen-bond acceptors (Lipinski definition) is 9. The molecule has 33 heavy (non-hydrogen) atoms. The second kappa shape index (κ2) is 8.71. The molecule has 0 aliphatic rings. The Morgan fingerprint density at radius 1 is 0.909 bits per heavy atom. The van der Waals surface area contributed by atoms with Crippen molar-refractivity contribution in [3.63, 3.8) is 0 Å². The van der Waals surface area contributed by atoms with E-state index in [4.69, 9.17) is 20.6 Å². The number of aryl methyl sites for hydroxylation is 1. The predicted octanol–water partition coefficient (Wildman–Crippen LogP) is 5.73. The predicted molar refractivity (Wildman–Crippen MR) is 127 cm³/mol. The van der Waals surface area contributed by atoms with Crippen molar-refractivity contribution in [1.29, 1.82) is 0 Å². The van der Waals surface area contributed by atoms with Gasteiger partial charge in [-0.15, -0.1) is 0 Å². The van der Waals surface area contributed by atoms with Crippen LogP contribution in [0.25, 0.3) is 22.6 Å². The van der Waals surface area contributed by atoms with Crippen molar-refractivity contribution in [2.45, 2.75) is 13.8 Å². The number of rotatable bonds is 6. The molecule has 0 saturated heterocycles. The van der Waals surface area contributed by atoms with Gasteiger partial charge in [-0.25, -0.2) is 9.61 Å². The van der Waals surface area contributed by atoms with Crippen LogP contribution in [0.4, 0.5) is 17.3 Å². The maximum absolute atomic E-state index is 5.95. The monoisotopic (exact) mass is 459 g/mol. The smallest absolute Gasteiger partial charge is 0.245 e. The summed E-state index contributed by atoms with van der Waals surface area (Å²) >= 11 is 5.95. The van der Waals surface area contributed by atoms with Crippen molar-refractivity contribution in [3.8, 4) is 11.3 Å². The molecule has 2 N–H and O–H groups in total. The zero-order chi connectivity index (χ0) is 22.8. The van der Waals surface area contributed by atoms with Gasteiger partial charge in [-0.05, 0) is 77.8 Å². The highest BCUT2D eigenvalue weighted by molar-refractivity contribution is 6.30. The summed E-state index contributed by atoms with van der Waals surface area (Å²) in [5, 5.41) is 15.8. The lowest BCUT2D eigenvalue weighted by molar-refractivity contribution is 0.314. The van der Waals surface area contributed by atoms with Crippen LogP contribution in [0, 0.1) is 13.8 Å². The number of anilines is 3. The third-order valence-corrected chi connectivity index (χ3v) is 5.34. The number of hydrazone groups is 1. The van der Waals surface area contributed by atoms with Gasteiger partial charge in [0.15, 0.2) is 11.6 Å². The summed E-state index contributed by atoms with van der Waals surface area (Å²) in [7, 11) is 0. The highest BCUT2D eigenvalue weighted by Crippen LogP contribution is 2.27. The molecule has 3 aromatic heterocycles. The lowest BCUT2D eigenvalue weighted by atomic mass is 10.1. The Hall–Kier alpha value is -4.24. The van der Waals surface area contributed by atoms with Crippen molar-refractivity contribution >= 4 is 46.4 Å². The fourth-order valence-electron chi connectivity index (χ4n) is 3.17. The molecule has 0 unspecified atom stereocenters. The number of hydrogen-bond donors (Lipinski definition) is 2. The molecule has 0 bridgehead atoms. The maximum Gasteiger partial charge on any atom is 0.245 e. The van der Waals surface area contributed by atoms with E-state index in [1.165, 1.54) is 0 Å². The third-order valence-electron chi connectivity index (χ3n) is 5.09. The molecular formula is C23H18ClN7O2. The van der Waals surface area contributed by atoms with Gasteiger partial charge in [0.1, 0.15) is 11.5 Å².